The van der Waals surface area contributed by atoms with E-state index in [4.69, 9.17) is 32.7 Å². The second-order valence-electron chi connectivity index (χ2n) is 6.72. The van der Waals surface area contributed by atoms with Crippen LogP contribution in [0.2, 0.25) is 10.0 Å². The van der Waals surface area contributed by atoms with Crippen LogP contribution in [0.15, 0.2) is 76.6 Å². The first kappa shape index (κ1) is 22.3. The lowest BCUT2D eigenvalue weighted by Crippen LogP contribution is -2.19. The van der Waals surface area contributed by atoms with Gasteiger partial charge in [0.25, 0.3) is 5.91 Å². The maximum Gasteiger partial charge on any atom is 0.264 e. The molecule has 0 spiro atoms. The van der Waals surface area contributed by atoms with Crippen molar-refractivity contribution in [3.05, 3.63) is 92.8 Å². The minimum absolute atomic E-state index is 0.223. The number of amides is 1. The van der Waals surface area contributed by atoms with Gasteiger partial charge in [-0.3, -0.25) is 4.79 Å². The van der Waals surface area contributed by atoms with Gasteiger partial charge in [0.15, 0.2) is 16.7 Å². The van der Waals surface area contributed by atoms with Crippen molar-refractivity contribution in [2.24, 2.45) is 4.99 Å². The average Bonchev–Trinajstić information content (AvgIpc) is 3.13. The molecule has 1 N–H and O–H groups in total. The first-order valence-electron chi connectivity index (χ1n) is 9.62. The van der Waals surface area contributed by atoms with Crippen LogP contribution in [0.4, 0.5) is 5.69 Å². The number of benzene rings is 3. The minimum atomic E-state index is -0.223. The van der Waals surface area contributed by atoms with E-state index >= 15 is 0 Å². The average molecular weight is 485 g/mol. The van der Waals surface area contributed by atoms with Crippen molar-refractivity contribution >= 4 is 57.8 Å². The van der Waals surface area contributed by atoms with E-state index in [1.54, 1.807) is 31.4 Å². The third-order valence-corrected chi connectivity index (χ3v) is 6.15. The Morgan fingerprint density at radius 3 is 2.50 bits per heavy atom. The molecule has 8 heteroatoms. The molecule has 0 aliphatic carbocycles. The van der Waals surface area contributed by atoms with Crippen LogP contribution in [0.3, 0.4) is 0 Å². The van der Waals surface area contributed by atoms with Crippen LogP contribution in [0.1, 0.15) is 11.1 Å². The van der Waals surface area contributed by atoms with E-state index in [9.17, 15) is 4.79 Å². The zero-order valence-electron chi connectivity index (χ0n) is 17.0. The highest BCUT2D eigenvalue weighted by molar-refractivity contribution is 8.18. The molecule has 0 unspecified atom stereocenters. The molecule has 0 radical (unpaired) electrons. The van der Waals surface area contributed by atoms with Gasteiger partial charge in [-0.1, -0.05) is 59.6 Å². The summed E-state index contributed by atoms with van der Waals surface area (Å²) < 4.78 is 11.4. The van der Waals surface area contributed by atoms with Crippen LogP contribution in [-0.4, -0.2) is 18.2 Å². The molecule has 3 aromatic rings. The monoisotopic (exact) mass is 484 g/mol. The van der Waals surface area contributed by atoms with E-state index in [1.165, 1.54) is 11.8 Å². The number of hydrogen-bond donors (Lipinski definition) is 1. The lowest BCUT2D eigenvalue weighted by molar-refractivity contribution is -0.115. The molecular weight excluding hydrogens is 467 g/mol. The van der Waals surface area contributed by atoms with Crippen LogP contribution >= 0.6 is 35.0 Å². The number of thioether (sulfide) groups is 1. The molecule has 1 amide bonds. The van der Waals surface area contributed by atoms with Crippen molar-refractivity contribution in [1.29, 1.82) is 0 Å². The number of rotatable bonds is 6. The Kier molecular flexibility index (Phi) is 7.05. The number of nitrogens with zero attached hydrogens (tertiary/aromatic N) is 1. The topological polar surface area (TPSA) is 59.9 Å². The summed E-state index contributed by atoms with van der Waals surface area (Å²) in [6.07, 6.45) is 1.77. The molecule has 5 nitrogen and oxygen atoms in total. The smallest absolute Gasteiger partial charge is 0.264 e. The maximum absolute atomic E-state index is 12.4. The van der Waals surface area contributed by atoms with Gasteiger partial charge in [-0.2, -0.15) is 0 Å². The number of aliphatic imine (C=N–C) groups is 1. The number of hydrogen-bond acceptors (Lipinski definition) is 5. The van der Waals surface area contributed by atoms with Crippen molar-refractivity contribution in [2.45, 2.75) is 6.61 Å². The highest BCUT2D eigenvalue weighted by Crippen LogP contribution is 2.34. The summed E-state index contributed by atoms with van der Waals surface area (Å²) in [5.41, 5.74) is 2.27. The number of carbonyl (C=O) groups is 1. The van der Waals surface area contributed by atoms with E-state index < -0.39 is 0 Å². The molecule has 1 heterocycles. The number of carbonyl (C=O) groups excluding carboxylic acids is 1. The Balaban J connectivity index is 1.51. The Morgan fingerprint density at radius 2 is 1.75 bits per heavy atom. The summed E-state index contributed by atoms with van der Waals surface area (Å²) in [4.78, 5) is 17.3. The SMILES string of the molecule is COc1cc(/C=C2/SC(=Nc3ccccc3Cl)NC2=O)ccc1OCc1ccccc1Cl. The zero-order valence-corrected chi connectivity index (χ0v) is 19.3. The van der Waals surface area contributed by atoms with Crippen molar-refractivity contribution in [2.75, 3.05) is 7.11 Å². The molecule has 4 rings (SSSR count). The fourth-order valence-corrected chi connectivity index (χ4v) is 4.15. The zero-order chi connectivity index (χ0) is 22.5. The van der Waals surface area contributed by atoms with Crippen molar-refractivity contribution in [1.82, 2.24) is 5.32 Å². The molecule has 0 atom stereocenters. The van der Waals surface area contributed by atoms with E-state index in [0.717, 1.165) is 11.1 Å². The molecule has 3 aromatic carbocycles. The first-order chi connectivity index (χ1) is 15.5. The highest BCUT2D eigenvalue weighted by Gasteiger charge is 2.24. The molecular formula is C24H18Cl2N2O3S. The van der Waals surface area contributed by atoms with Crippen LogP contribution in [0.25, 0.3) is 6.08 Å². The van der Waals surface area contributed by atoms with Gasteiger partial charge in [0.1, 0.15) is 6.61 Å². The normalized spacial score (nSPS) is 15.8. The number of halogens is 2. The Hall–Kier alpha value is -2.93. The number of methoxy groups -OCH3 is 1. The summed E-state index contributed by atoms with van der Waals surface area (Å²) in [5.74, 6) is 0.914. The number of nitrogens with one attached hydrogen (secondary N) is 1. The standard InChI is InChI=1S/C24H18Cl2N2O3S/c1-30-21-12-15(10-11-20(21)31-14-16-6-2-3-7-17(16)25)13-22-23(29)28-24(32-22)27-19-9-5-4-8-18(19)26/h2-13H,14H2,1H3,(H,27,28,29)/b22-13+. The van der Waals surface area contributed by atoms with E-state index in [0.29, 0.717) is 43.9 Å². The molecule has 0 aromatic heterocycles. The van der Waals surface area contributed by atoms with Gasteiger partial charge in [-0.25, -0.2) is 4.99 Å². The molecule has 0 saturated carbocycles. The van der Waals surface area contributed by atoms with Gasteiger partial charge >= 0.3 is 0 Å². The Bertz CT molecular complexity index is 1230. The lowest BCUT2D eigenvalue weighted by atomic mass is 10.2. The van der Waals surface area contributed by atoms with Gasteiger partial charge in [0, 0.05) is 10.6 Å². The predicted molar refractivity (Wildman–Crippen MR) is 131 cm³/mol. The lowest BCUT2D eigenvalue weighted by Gasteiger charge is -2.12. The summed E-state index contributed by atoms with van der Waals surface area (Å²) in [6, 6.07) is 20.2. The summed E-state index contributed by atoms with van der Waals surface area (Å²) in [5, 5.41) is 4.40. The fourth-order valence-electron chi connectivity index (χ4n) is 2.95. The summed E-state index contributed by atoms with van der Waals surface area (Å²) in [7, 11) is 1.57. The van der Waals surface area contributed by atoms with Gasteiger partial charge in [-0.05, 0) is 53.7 Å². The Labute approximate surface area is 200 Å². The van der Waals surface area contributed by atoms with Gasteiger partial charge in [0.2, 0.25) is 0 Å². The van der Waals surface area contributed by atoms with Crippen LogP contribution in [0.5, 0.6) is 11.5 Å². The van der Waals surface area contributed by atoms with Crippen LogP contribution in [0, 0.1) is 0 Å². The van der Waals surface area contributed by atoms with Crippen LogP contribution in [-0.2, 0) is 11.4 Å². The quantitative estimate of drug-likeness (QED) is 0.407. The molecule has 1 fully saturated rings. The maximum atomic E-state index is 12.4. The second kappa shape index (κ2) is 10.1. The molecule has 162 valence electrons. The third kappa shape index (κ3) is 5.27. The molecule has 0 bridgehead atoms. The van der Waals surface area contributed by atoms with Crippen molar-refractivity contribution in [3.63, 3.8) is 0 Å². The molecule has 1 saturated heterocycles. The highest BCUT2D eigenvalue weighted by atomic mass is 35.5. The Morgan fingerprint density at radius 1 is 1.00 bits per heavy atom. The van der Waals surface area contributed by atoms with Crippen molar-refractivity contribution < 1.29 is 14.3 Å². The van der Waals surface area contributed by atoms with E-state index in [1.807, 2.05) is 48.5 Å². The summed E-state index contributed by atoms with van der Waals surface area (Å²) in [6.45, 7) is 0.316. The third-order valence-electron chi connectivity index (χ3n) is 4.55. The van der Waals surface area contributed by atoms with Gasteiger partial charge in [-0.15, -0.1) is 0 Å². The fraction of sp³-hybridized carbons (Fsp3) is 0.0833. The summed E-state index contributed by atoms with van der Waals surface area (Å²) >= 11 is 13.6. The molecule has 32 heavy (non-hydrogen) atoms. The number of amidine groups is 1. The van der Waals surface area contributed by atoms with E-state index in [2.05, 4.69) is 10.3 Å². The first-order valence-corrected chi connectivity index (χ1v) is 11.2. The molecule has 1 aliphatic heterocycles. The second-order valence-corrected chi connectivity index (χ2v) is 8.57. The largest absolute Gasteiger partial charge is 0.493 e. The molecule has 1 aliphatic rings. The number of ether oxygens (including phenoxy) is 2. The van der Waals surface area contributed by atoms with Crippen LogP contribution < -0.4 is 14.8 Å². The van der Waals surface area contributed by atoms with Crippen molar-refractivity contribution in [3.8, 4) is 11.5 Å². The van der Waals surface area contributed by atoms with E-state index in [-0.39, 0.29) is 5.91 Å². The van der Waals surface area contributed by atoms with Gasteiger partial charge < -0.3 is 14.8 Å². The van der Waals surface area contributed by atoms with Gasteiger partial charge in [0.05, 0.1) is 22.7 Å². The minimum Gasteiger partial charge on any atom is -0.493 e. The number of para-hydroxylation sites is 1. The predicted octanol–water partition coefficient (Wildman–Crippen LogP) is 6.47.